The highest BCUT2D eigenvalue weighted by molar-refractivity contribution is 5.83. The number of amides is 1. The van der Waals surface area contributed by atoms with Gasteiger partial charge in [0.2, 0.25) is 5.91 Å². The number of carbonyl (C=O) groups excluding carboxylic acids is 1. The highest BCUT2D eigenvalue weighted by Crippen LogP contribution is 2.19. The van der Waals surface area contributed by atoms with Crippen LogP contribution < -0.4 is 26.2 Å². The number of hydrogen-bond acceptors (Lipinski definition) is 6. The maximum absolute atomic E-state index is 13.1. The second-order valence-corrected chi connectivity index (χ2v) is 10.2. The summed E-state index contributed by atoms with van der Waals surface area (Å²) in [5.41, 5.74) is 4.67. The Bertz CT molecular complexity index is 1500. The first-order valence-electron chi connectivity index (χ1n) is 13.5. The predicted molar refractivity (Wildman–Crippen MR) is 153 cm³/mol. The van der Waals surface area contributed by atoms with E-state index in [2.05, 4.69) is 32.0 Å². The molecule has 39 heavy (non-hydrogen) atoms. The van der Waals surface area contributed by atoms with Gasteiger partial charge in [0, 0.05) is 48.1 Å². The first-order chi connectivity index (χ1) is 19.0. The van der Waals surface area contributed by atoms with Gasteiger partial charge in [0.25, 0.3) is 5.56 Å². The standard InChI is InChI=1S/C30H36N6O3/c1-20-15-33-27-9-8-23(14-26(20)27)17-34-28(37)18-36-21(2)16-35-29(30(36)38)32-12-10-22-5-3-7-25(13-22)39-19-24-6-4-11-31-24/h3,5,7-9,13-16,24,31,33H,4,6,10-12,17-19H2,1-2H3,(H,32,35)(H,34,37)/t24-/m1/s1. The van der Waals surface area contributed by atoms with Gasteiger partial charge in [-0.1, -0.05) is 18.2 Å². The molecule has 0 spiro atoms. The maximum Gasteiger partial charge on any atom is 0.293 e. The van der Waals surface area contributed by atoms with E-state index in [0.717, 1.165) is 46.3 Å². The van der Waals surface area contributed by atoms with Crippen molar-refractivity contribution in [3.63, 3.8) is 0 Å². The zero-order valence-corrected chi connectivity index (χ0v) is 22.5. The molecule has 3 heterocycles. The maximum atomic E-state index is 13.1. The topological polar surface area (TPSA) is 113 Å². The first-order valence-corrected chi connectivity index (χ1v) is 13.5. The first kappa shape index (κ1) is 26.5. The summed E-state index contributed by atoms with van der Waals surface area (Å²) < 4.78 is 7.41. The molecule has 0 radical (unpaired) electrons. The average molecular weight is 529 g/mol. The summed E-state index contributed by atoms with van der Waals surface area (Å²) in [6.45, 7) is 6.42. The molecule has 1 fully saturated rings. The smallest absolute Gasteiger partial charge is 0.293 e. The largest absolute Gasteiger partial charge is 0.492 e. The van der Waals surface area contributed by atoms with Gasteiger partial charge in [0.15, 0.2) is 5.82 Å². The zero-order chi connectivity index (χ0) is 27.2. The molecule has 4 aromatic rings. The minimum absolute atomic E-state index is 0.0669. The molecule has 1 amide bonds. The Morgan fingerprint density at radius 3 is 2.92 bits per heavy atom. The Hall–Kier alpha value is -4.11. The molecule has 9 heteroatoms. The number of nitrogens with one attached hydrogen (secondary N) is 4. The molecule has 204 valence electrons. The Morgan fingerprint density at radius 1 is 1.18 bits per heavy atom. The van der Waals surface area contributed by atoms with Crippen molar-refractivity contribution in [2.75, 3.05) is 25.0 Å². The van der Waals surface area contributed by atoms with E-state index in [1.165, 1.54) is 11.0 Å². The van der Waals surface area contributed by atoms with E-state index in [0.29, 0.717) is 37.9 Å². The van der Waals surface area contributed by atoms with Crippen LogP contribution in [-0.4, -0.2) is 46.2 Å². The molecule has 1 atom stereocenters. The van der Waals surface area contributed by atoms with Crippen LogP contribution in [0, 0.1) is 13.8 Å². The number of aromatic amines is 1. The number of benzene rings is 2. The van der Waals surface area contributed by atoms with E-state index < -0.39 is 0 Å². The van der Waals surface area contributed by atoms with Gasteiger partial charge in [-0.15, -0.1) is 0 Å². The van der Waals surface area contributed by atoms with Gasteiger partial charge in [-0.3, -0.25) is 14.2 Å². The van der Waals surface area contributed by atoms with E-state index >= 15 is 0 Å². The number of H-pyrrole nitrogens is 1. The van der Waals surface area contributed by atoms with Crippen LogP contribution in [0.15, 0.2) is 59.7 Å². The molecule has 0 bridgehead atoms. The summed E-state index contributed by atoms with van der Waals surface area (Å²) in [4.78, 5) is 33.3. The molecule has 2 aromatic carbocycles. The van der Waals surface area contributed by atoms with E-state index in [1.54, 1.807) is 13.1 Å². The van der Waals surface area contributed by atoms with Gasteiger partial charge in [-0.2, -0.15) is 0 Å². The minimum Gasteiger partial charge on any atom is -0.492 e. The SMILES string of the molecule is Cc1c[nH]c2ccc(CNC(=O)Cn3c(C)cnc(NCCc4cccc(OC[C@H]5CCCN5)c4)c3=O)cc12. The lowest BCUT2D eigenvalue weighted by Gasteiger charge is -2.14. The molecule has 4 N–H and O–H groups in total. The number of rotatable bonds is 11. The molecule has 0 saturated carbocycles. The summed E-state index contributed by atoms with van der Waals surface area (Å²) in [5, 5.41) is 10.7. The quantitative estimate of drug-likeness (QED) is 0.237. The minimum atomic E-state index is -0.310. The summed E-state index contributed by atoms with van der Waals surface area (Å²) in [5.74, 6) is 0.862. The molecule has 1 saturated heterocycles. The zero-order valence-electron chi connectivity index (χ0n) is 22.5. The normalized spacial score (nSPS) is 15.0. The Morgan fingerprint density at radius 2 is 2.08 bits per heavy atom. The Kier molecular flexibility index (Phi) is 8.27. The number of fused-ring (bicyclic) bond motifs is 1. The molecule has 5 rings (SSSR count). The highest BCUT2D eigenvalue weighted by atomic mass is 16.5. The second kappa shape index (κ2) is 12.2. The van der Waals surface area contributed by atoms with E-state index in [1.807, 2.05) is 49.5 Å². The van der Waals surface area contributed by atoms with Crippen LogP contribution in [0.5, 0.6) is 5.75 Å². The number of nitrogens with zero attached hydrogens (tertiary/aromatic N) is 2. The van der Waals surface area contributed by atoms with Crippen LogP contribution in [0.1, 0.15) is 35.2 Å². The van der Waals surface area contributed by atoms with Gasteiger partial charge in [0.1, 0.15) is 18.9 Å². The van der Waals surface area contributed by atoms with Crippen molar-refractivity contribution in [2.24, 2.45) is 0 Å². The number of aryl methyl sites for hydroxylation is 2. The number of carbonyl (C=O) groups is 1. The molecule has 9 nitrogen and oxygen atoms in total. The number of hydrogen-bond donors (Lipinski definition) is 4. The van der Waals surface area contributed by atoms with Crippen molar-refractivity contribution < 1.29 is 9.53 Å². The lowest BCUT2D eigenvalue weighted by Crippen LogP contribution is -2.34. The van der Waals surface area contributed by atoms with Crippen LogP contribution in [-0.2, 0) is 24.3 Å². The lowest BCUT2D eigenvalue weighted by molar-refractivity contribution is -0.121. The summed E-state index contributed by atoms with van der Waals surface area (Å²) in [7, 11) is 0. The lowest BCUT2D eigenvalue weighted by atomic mass is 10.1. The van der Waals surface area contributed by atoms with Gasteiger partial charge >= 0.3 is 0 Å². The summed E-state index contributed by atoms with van der Waals surface area (Å²) in [6, 6.07) is 14.5. The number of anilines is 1. The van der Waals surface area contributed by atoms with E-state index in [-0.39, 0.29) is 23.8 Å². The molecule has 1 aliphatic rings. The molecule has 0 unspecified atom stereocenters. The Labute approximate surface area is 228 Å². The summed E-state index contributed by atoms with van der Waals surface area (Å²) in [6.07, 6.45) is 6.64. The van der Waals surface area contributed by atoms with Crippen LogP contribution >= 0.6 is 0 Å². The highest BCUT2D eigenvalue weighted by Gasteiger charge is 2.15. The fourth-order valence-electron chi connectivity index (χ4n) is 4.92. The fraction of sp³-hybridized carbons (Fsp3) is 0.367. The van der Waals surface area contributed by atoms with Gasteiger partial charge in [-0.25, -0.2) is 4.98 Å². The van der Waals surface area contributed by atoms with Gasteiger partial charge < -0.3 is 25.7 Å². The van der Waals surface area contributed by atoms with Crippen LogP contribution in [0.25, 0.3) is 10.9 Å². The van der Waals surface area contributed by atoms with E-state index in [9.17, 15) is 9.59 Å². The molecule has 2 aromatic heterocycles. The average Bonchev–Trinajstić information content (AvgIpc) is 3.60. The molecule has 1 aliphatic heterocycles. The third-order valence-corrected chi connectivity index (χ3v) is 7.22. The third-order valence-electron chi connectivity index (χ3n) is 7.22. The molecule has 0 aliphatic carbocycles. The van der Waals surface area contributed by atoms with Crippen LogP contribution in [0.2, 0.25) is 0 Å². The van der Waals surface area contributed by atoms with Crippen molar-refractivity contribution >= 4 is 22.6 Å². The van der Waals surface area contributed by atoms with Crippen molar-refractivity contribution in [3.05, 3.63) is 87.6 Å². The van der Waals surface area contributed by atoms with Crippen molar-refractivity contribution in [1.82, 2.24) is 25.2 Å². The van der Waals surface area contributed by atoms with Crippen LogP contribution in [0.4, 0.5) is 5.82 Å². The number of ether oxygens (including phenoxy) is 1. The van der Waals surface area contributed by atoms with Crippen molar-refractivity contribution in [1.29, 1.82) is 0 Å². The van der Waals surface area contributed by atoms with E-state index in [4.69, 9.17) is 4.74 Å². The monoisotopic (exact) mass is 528 g/mol. The summed E-state index contributed by atoms with van der Waals surface area (Å²) >= 11 is 0. The fourth-order valence-corrected chi connectivity index (χ4v) is 4.92. The Balaban J connectivity index is 1.14. The number of aromatic nitrogens is 3. The van der Waals surface area contributed by atoms with Gasteiger partial charge in [0.05, 0.1) is 0 Å². The van der Waals surface area contributed by atoms with Gasteiger partial charge in [-0.05, 0) is 80.6 Å². The molecular formula is C30H36N6O3. The third kappa shape index (κ3) is 6.67. The predicted octanol–water partition coefficient (Wildman–Crippen LogP) is 3.44. The van der Waals surface area contributed by atoms with Crippen molar-refractivity contribution in [3.8, 4) is 5.75 Å². The van der Waals surface area contributed by atoms with Crippen molar-refractivity contribution in [2.45, 2.75) is 52.2 Å². The second-order valence-electron chi connectivity index (χ2n) is 10.2. The molecular weight excluding hydrogens is 492 g/mol. The van der Waals surface area contributed by atoms with Crippen LogP contribution in [0.3, 0.4) is 0 Å².